The van der Waals surface area contributed by atoms with Crippen molar-refractivity contribution in [2.45, 2.75) is 47.0 Å². The van der Waals surface area contributed by atoms with Gasteiger partial charge >= 0.3 is 0 Å². The van der Waals surface area contributed by atoms with Crippen LogP contribution in [0.25, 0.3) is 0 Å². The fourth-order valence-electron chi connectivity index (χ4n) is 4.98. The highest BCUT2D eigenvalue weighted by Gasteiger charge is 2.14. The molecular weight excluding hydrogens is 458 g/mol. The van der Waals surface area contributed by atoms with Gasteiger partial charge in [-0.15, -0.1) is 0 Å². The summed E-state index contributed by atoms with van der Waals surface area (Å²) in [5.74, 6) is 0. The smallest absolute Gasteiger partial charge is 0.0464 e. The summed E-state index contributed by atoms with van der Waals surface area (Å²) in [6, 6.07) is 42.6. The van der Waals surface area contributed by atoms with Crippen LogP contribution in [0.3, 0.4) is 0 Å². The summed E-state index contributed by atoms with van der Waals surface area (Å²) in [5, 5.41) is 0. The zero-order valence-corrected chi connectivity index (χ0v) is 23.0. The molecule has 0 heterocycles. The quantitative estimate of drug-likeness (QED) is 0.207. The maximum Gasteiger partial charge on any atom is 0.0464 e. The molecule has 0 amide bonds. The molecule has 0 aliphatic rings. The minimum atomic E-state index is 0.943. The summed E-state index contributed by atoms with van der Waals surface area (Å²) in [5.41, 5.74) is 14.2. The fraction of sp³-hybridized carbons (Fsp3) is 0.189. The number of benzene rings is 5. The minimum Gasteiger partial charge on any atom is -0.310 e. The Kier molecular flexibility index (Phi) is 7.75. The molecule has 5 aromatic carbocycles. The first-order chi connectivity index (χ1) is 18.5. The van der Waals surface area contributed by atoms with Crippen molar-refractivity contribution in [1.82, 2.24) is 0 Å². The van der Waals surface area contributed by atoms with Crippen molar-refractivity contribution in [1.29, 1.82) is 0 Å². The summed E-state index contributed by atoms with van der Waals surface area (Å²) < 4.78 is 0. The van der Waals surface area contributed by atoms with Gasteiger partial charge in [-0.2, -0.15) is 0 Å². The zero-order chi connectivity index (χ0) is 26.5. The monoisotopic (exact) mass is 495 g/mol. The first-order valence-corrected chi connectivity index (χ1v) is 13.7. The predicted molar refractivity (Wildman–Crippen MR) is 163 cm³/mol. The second-order valence-electron chi connectivity index (χ2n) is 10.5. The van der Waals surface area contributed by atoms with Crippen LogP contribution < -0.4 is 4.90 Å². The molecule has 190 valence electrons. The van der Waals surface area contributed by atoms with E-state index in [0.29, 0.717) is 0 Å². The molecule has 0 radical (unpaired) electrons. The molecule has 0 N–H and O–H groups in total. The molecule has 0 aliphatic carbocycles. The number of hydrogen-bond acceptors (Lipinski definition) is 1. The molecule has 0 saturated carbocycles. The van der Waals surface area contributed by atoms with Gasteiger partial charge in [-0.25, -0.2) is 0 Å². The Balaban J connectivity index is 1.43. The minimum absolute atomic E-state index is 0.943. The molecule has 0 fully saturated rings. The standard InChI is InChI=1S/C37H37N/c1-5-30-12-14-33(15-13-30)26-34-18-23-37(24-29(34)4)38(35-19-8-28(3)9-20-35)36-21-16-32(17-22-36)25-31-10-6-27(2)7-11-31/h6-24H,5,25-26H2,1-4H3. The molecular formula is C37H37N. The number of nitrogens with zero attached hydrogens (tertiary/aromatic N) is 1. The number of rotatable bonds is 8. The first-order valence-electron chi connectivity index (χ1n) is 13.7. The maximum atomic E-state index is 2.36. The van der Waals surface area contributed by atoms with E-state index >= 15 is 0 Å². The van der Waals surface area contributed by atoms with Gasteiger partial charge in [-0.1, -0.05) is 96.9 Å². The van der Waals surface area contributed by atoms with Crippen molar-refractivity contribution in [2.75, 3.05) is 4.90 Å². The van der Waals surface area contributed by atoms with Crippen LogP contribution in [0.2, 0.25) is 0 Å². The average molecular weight is 496 g/mol. The number of aryl methyl sites for hydroxylation is 4. The molecule has 1 nitrogen and oxygen atoms in total. The van der Waals surface area contributed by atoms with Gasteiger partial charge < -0.3 is 4.90 Å². The summed E-state index contributed by atoms with van der Waals surface area (Å²) in [7, 11) is 0. The van der Waals surface area contributed by atoms with Gasteiger partial charge in [0.15, 0.2) is 0 Å². The topological polar surface area (TPSA) is 3.24 Å². The Bertz CT molecular complexity index is 1480. The molecule has 1 heteroatoms. The van der Waals surface area contributed by atoms with Crippen LogP contribution in [0.15, 0.2) is 115 Å². The predicted octanol–water partition coefficient (Wildman–Crippen LogP) is 9.83. The molecule has 0 unspecified atom stereocenters. The average Bonchev–Trinajstić information content (AvgIpc) is 2.94. The third-order valence-corrected chi connectivity index (χ3v) is 7.43. The highest BCUT2D eigenvalue weighted by molar-refractivity contribution is 5.77. The van der Waals surface area contributed by atoms with E-state index in [1.165, 1.54) is 61.6 Å². The molecule has 0 bridgehead atoms. The summed E-state index contributed by atoms with van der Waals surface area (Å²) >= 11 is 0. The Morgan fingerprint density at radius 3 is 1.42 bits per heavy atom. The van der Waals surface area contributed by atoms with Gasteiger partial charge in [-0.3, -0.25) is 0 Å². The lowest BCUT2D eigenvalue weighted by Gasteiger charge is -2.26. The Hall–Kier alpha value is -4.10. The lowest BCUT2D eigenvalue weighted by atomic mass is 9.98. The first kappa shape index (κ1) is 25.5. The molecule has 38 heavy (non-hydrogen) atoms. The lowest BCUT2D eigenvalue weighted by Crippen LogP contribution is -2.10. The van der Waals surface area contributed by atoms with Crippen molar-refractivity contribution >= 4 is 17.1 Å². The lowest BCUT2D eigenvalue weighted by molar-refractivity contribution is 1.11. The van der Waals surface area contributed by atoms with E-state index in [0.717, 1.165) is 19.3 Å². The van der Waals surface area contributed by atoms with Crippen molar-refractivity contribution in [2.24, 2.45) is 0 Å². The van der Waals surface area contributed by atoms with E-state index in [1.807, 2.05) is 0 Å². The Morgan fingerprint density at radius 2 is 0.868 bits per heavy atom. The molecule has 0 aliphatic heterocycles. The molecule has 5 aromatic rings. The van der Waals surface area contributed by atoms with E-state index in [9.17, 15) is 0 Å². The highest BCUT2D eigenvalue weighted by atomic mass is 15.1. The van der Waals surface area contributed by atoms with Gasteiger partial charge in [0, 0.05) is 17.1 Å². The largest absolute Gasteiger partial charge is 0.310 e. The van der Waals surface area contributed by atoms with Crippen molar-refractivity contribution in [3.63, 3.8) is 0 Å². The second kappa shape index (κ2) is 11.5. The van der Waals surface area contributed by atoms with Crippen molar-refractivity contribution in [3.05, 3.63) is 160 Å². The van der Waals surface area contributed by atoms with Crippen LogP contribution in [-0.4, -0.2) is 0 Å². The van der Waals surface area contributed by atoms with Crippen LogP contribution in [0.5, 0.6) is 0 Å². The van der Waals surface area contributed by atoms with E-state index in [-0.39, 0.29) is 0 Å². The highest BCUT2D eigenvalue weighted by Crippen LogP contribution is 2.36. The molecule has 0 atom stereocenters. The van der Waals surface area contributed by atoms with Crippen LogP contribution in [-0.2, 0) is 19.3 Å². The summed E-state index contributed by atoms with van der Waals surface area (Å²) in [4.78, 5) is 2.36. The van der Waals surface area contributed by atoms with Crippen LogP contribution >= 0.6 is 0 Å². The van der Waals surface area contributed by atoms with Gasteiger partial charge in [0.2, 0.25) is 0 Å². The molecule has 0 aromatic heterocycles. The third kappa shape index (κ3) is 6.06. The Labute approximate surface area is 228 Å². The molecule has 0 spiro atoms. The van der Waals surface area contributed by atoms with Gasteiger partial charge in [-0.05, 0) is 110 Å². The van der Waals surface area contributed by atoms with E-state index in [1.54, 1.807) is 0 Å². The summed E-state index contributed by atoms with van der Waals surface area (Å²) in [6.07, 6.45) is 2.97. The van der Waals surface area contributed by atoms with Crippen LogP contribution in [0.1, 0.15) is 51.4 Å². The van der Waals surface area contributed by atoms with E-state index in [4.69, 9.17) is 0 Å². The van der Waals surface area contributed by atoms with Crippen molar-refractivity contribution in [3.8, 4) is 0 Å². The van der Waals surface area contributed by atoms with Crippen molar-refractivity contribution < 1.29 is 0 Å². The fourth-order valence-corrected chi connectivity index (χ4v) is 4.98. The number of anilines is 3. The van der Waals surface area contributed by atoms with Gasteiger partial charge in [0.1, 0.15) is 0 Å². The van der Waals surface area contributed by atoms with E-state index < -0.39 is 0 Å². The third-order valence-electron chi connectivity index (χ3n) is 7.43. The molecule has 0 saturated heterocycles. The van der Waals surface area contributed by atoms with Crippen LogP contribution in [0.4, 0.5) is 17.1 Å². The van der Waals surface area contributed by atoms with Crippen LogP contribution in [0, 0.1) is 20.8 Å². The molecule has 5 rings (SSSR count). The Morgan fingerprint density at radius 1 is 0.447 bits per heavy atom. The number of hydrogen-bond donors (Lipinski definition) is 0. The second-order valence-corrected chi connectivity index (χ2v) is 10.5. The normalized spacial score (nSPS) is 10.9. The maximum absolute atomic E-state index is 2.36. The zero-order valence-electron chi connectivity index (χ0n) is 23.0. The van der Waals surface area contributed by atoms with Gasteiger partial charge in [0.25, 0.3) is 0 Å². The summed E-state index contributed by atoms with van der Waals surface area (Å²) in [6.45, 7) is 8.71. The van der Waals surface area contributed by atoms with E-state index in [2.05, 4.69) is 148 Å². The van der Waals surface area contributed by atoms with Gasteiger partial charge in [0.05, 0.1) is 0 Å². The SMILES string of the molecule is CCc1ccc(Cc2ccc(N(c3ccc(C)cc3)c3ccc(Cc4ccc(C)cc4)cc3)cc2C)cc1.